The van der Waals surface area contributed by atoms with Crippen molar-refractivity contribution in [2.24, 2.45) is 22.9 Å². The van der Waals surface area contributed by atoms with E-state index in [9.17, 15) is 4.79 Å². The van der Waals surface area contributed by atoms with Crippen LogP contribution in [0.2, 0.25) is 0 Å². The SMILES string of the molecule is O=C(N/N=C\c1ccc2c(c1)OCO2)NC12CC3CC(CC(C3)C1)C2. The van der Waals surface area contributed by atoms with Crippen molar-refractivity contribution in [1.82, 2.24) is 10.7 Å². The summed E-state index contributed by atoms with van der Waals surface area (Å²) in [6.45, 7) is 0.252. The van der Waals surface area contributed by atoms with Crippen molar-refractivity contribution in [3.05, 3.63) is 23.8 Å². The number of nitrogens with zero attached hydrogens (tertiary/aromatic N) is 1. The zero-order valence-corrected chi connectivity index (χ0v) is 14.2. The summed E-state index contributed by atoms with van der Waals surface area (Å²) in [5.41, 5.74) is 3.49. The Morgan fingerprint density at radius 3 is 2.48 bits per heavy atom. The first-order valence-electron chi connectivity index (χ1n) is 9.18. The first kappa shape index (κ1) is 15.0. The van der Waals surface area contributed by atoms with E-state index in [1.165, 1.54) is 19.3 Å². The molecule has 25 heavy (non-hydrogen) atoms. The lowest BCUT2D eigenvalue weighted by atomic mass is 9.53. The standard InChI is InChI=1S/C19H23N3O3/c23-18(21-19-7-13-3-14(8-19)5-15(4-13)9-19)22-20-10-12-1-2-16-17(6-12)25-11-24-16/h1-2,6,10,13-15H,3-5,7-9,11H2,(H2,21,22,23)/b20-10-. The Morgan fingerprint density at radius 1 is 1.08 bits per heavy atom. The van der Waals surface area contributed by atoms with Gasteiger partial charge in [-0.25, -0.2) is 10.2 Å². The largest absolute Gasteiger partial charge is 0.454 e. The van der Waals surface area contributed by atoms with Crippen molar-refractivity contribution in [2.75, 3.05) is 6.79 Å². The first-order valence-corrected chi connectivity index (χ1v) is 9.18. The second-order valence-corrected chi connectivity index (χ2v) is 8.13. The fourth-order valence-electron chi connectivity index (χ4n) is 5.69. The topological polar surface area (TPSA) is 72.0 Å². The summed E-state index contributed by atoms with van der Waals surface area (Å²) in [5, 5.41) is 7.33. The Kier molecular flexibility index (Phi) is 3.40. The van der Waals surface area contributed by atoms with Crippen LogP contribution in [-0.2, 0) is 0 Å². The molecular formula is C19H23N3O3. The Morgan fingerprint density at radius 2 is 1.76 bits per heavy atom. The molecule has 6 rings (SSSR count). The maximum atomic E-state index is 12.3. The summed E-state index contributed by atoms with van der Waals surface area (Å²) in [7, 11) is 0. The van der Waals surface area contributed by atoms with Gasteiger partial charge in [-0.1, -0.05) is 0 Å². The van der Waals surface area contributed by atoms with E-state index in [-0.39, 0.29) is 18.4 Å². The molecule has 4 fully saturated rings. The predicted octanol–water partition coefficient (Wildman–Crippen LogP) is 3.02. The predicted molar refractivity (Wildman–Crippen MR) is 92.7 cm³/mol. The average molecular weight is 341 g/mol. The quantitative estimate of drug-likeness (QED) is 0.656. The maximum Gasteiger partial charge on any atom is 0.335 e. The van der Waals surface area contributed by atoms with Crippen LogP contribution in [0.4, 0.5) is 4.79 Å². The van der Waals surface area contributed by atoms with Gasteiger partial charge in [-0.3, -0.25) is 0 Å². The number of hydrazone groups is 1. The van der Waals surface area contributed by atoms with Gasteiger partial charge in [-0.2, -0.15) is 5.10 Å². The highest BCUT2D eigenvalue weighted by atomic mass is 16.7. The molecule has 0 atom stereocenters. The van der Waals surface area contributed by atoms with Gasteiger partial charge in [0.25, 0.3) is 0 Å². The van der Waals surface area contributed by atoms with Gasteiger partial charge in [0.1, 0.15) is 0 Å². The molecule has 132 valence electrons. The van der Waals surface area contributed by atoms with Crippen LogP contribution in [0.25, 0.3) is 0 Å². The molecule has 4 aliphatic carbocycles. The summed E-state index contributed by atoms with van der Waals surface area (Å²) in [5.74, 6) is 3.88. The number of hydrogen-bond acceptors (Lipinski definition) is 4. The second-order valence-electron chi connectivity index (χ2n) is 8.13. The third kappa shape index (κ3) is 2.83. The lowest BCUT2D eigenvalue weighted by Gasteiger charge is -2.56. The van der Waals surface area contributed by atoms with Crippen molar-refractivity contribution in [3.63, 3.8) is 0 Å². The average Bonchev–Trinajstić information content (AvgIpc) is 3.00. The minimum Gasteiger partial charge on any atom is -0.454 e. The van der Waals surface area contributed by atoms with Crippen molar-refractivity contribution in [1.29, 1.82) is 0 Å². The van der Waals surface area contributed by atoms with Crippen LogP contribution in [0.5, 0.6) is 11.5 Å². The Hall–Kier alpha value is -2.24. The van der Waals surface area contributed by atoms with Crippen molar-refractivity contribution >= 4 is 12.2 Å². The van der Waals surface area contributed by atoms with Gasteiger partial charge in [0.15, 0.2) is 11.5 Å². The van der Waals surface area contributed by atoms with Gasteiger partial charge in [-0.05, 0) is 80.0 Å². The zero-order valence-electron chi connectivity index (χ0n) is 14.2. The van der Waals surface area contributed by atoms with E-state index in [2.05, 4.69) is 15.8 Å². The molecule has 1 aliphatic heterocycles. The van der Waals surface area contributed by atoms with Gasteiger partial charge >= 0.3 is 6.03 Å². The molecule has 6 heteroatoms. The van der Waals surface area contributed by atoms with Crippen molar-refractivity contribution in [2.45, 2.75) is 44.1 Å². The number of nitrogens with one attached hydrogen (secondary N) is 2. The number of urea groups is 1. The summed E-state index contributed by atoms with van der Waals surface area (Å²) in [6, 6.07) is 5.39. The smallest absolute Gasteiger partial charge is 0.335 e. The molecule has 0 aromatic heterocycles. The maximum absolute atomic E-state index is 12.3. The minimum absolute atomic E-state index is 0.00705. The van der Waals surface area contributed by atoms with Gasteiger partial charge < -0.3 is 14.8 Å². The van der Waals surface area contributed by atoms with E-state index in [0.29, 0.717) is 5.75 Å². The molecule has 6 nitrogen and oxygen atoms in total. The lowest BCUT2D eigenvalue weighted by molar-refractivity contribution is -0.0135. The number of rotatable bonds is 3. The monoisotopic (exact) mass is 341 g/mol. The van der Waals surface area contributed by atoms with Crippen LogP contribution >= 0.6 is 0 Å². The number of carbonyl (C=O) groups is 1. The fraction of sp³-hybridized carbons (Fsp3) is 0.579. The second kappa shape index (κ2) is 5.64. The molecule has 5 aliphatic rings. The molecule has 4 saturated carbocycles. The van der Waals surface area contributed by atoms with Gasteiger partial charge in [0.2, 0.25) is 6.79 Å². The molecule has 1 heterocycles. The van der Waals surface area contributed by atoms with E-state index >= 15 is 0 Å². The number of fused-ring (bicyclic) bond motifs is 1. The lowest BCUT2D eigenvalue weighted by Crippen LogP contribution is -2.61. The van der Waals surface area contributed by atoms with Crippen LogP contribution in [0.3, 0.4) is 0 Å². The third-order valence-corrected chi connectivity index (χ3v) is 6.19. The highest BCUT2D eigenvalue weighted by molar-refractivity contribution is 5.83. The van der Waals surface area contributed by atoms with Crippen molar-refractivity contribution in [3.8, 4) is 11.5 Å². The molecule has 1 aromatic rings. The molecule has 0 radical (unpaired) electrons. The summed E-state index contributed by atoms with van der Waals surface area (Å²) >= 11 is 0. The van der Waals surface area contributed by atoms with E-state index in [4.69, 9.17) is 9.47 Å². The highest BCUT2D eigenvalue weighted by Gasteiger charge is 2.51. The van der Waals surface area contributed by atoms with E-state index < -0.39 is 0 Å². The molecule has 2 amide bonds. The van der Waals surface area contributed by atoms with Crippen LogP contribution in [0.1, 0.15) is 44.1 Å². The number of hydrogen-bond donors (Lipinski definition) is 2. The first-order chi connectivity index (χ1) is 12.2. The molecule has 0 saturated heterocycles. The molecule has 1 aromatic carbocycles. The summed E-state index contributed by atoms with van der Waals surface area (Å²) in [6.07, 6.45) is 9.14. The normalized spacial score (nSPS) is 34.5. The van der Waals surface area contributed by atoms with E-state index in [0.717, 1.165) is 48.3 Å². The molecule has 0 unspecified atom stereocenters. The minimum atomic E-state index is -0.195. The summed E-state index contributed by atoms with van der Waals surface area (Å²) < 4.78 is 10.6. The van der Waals surface area contributed by atoms with Gasteiger partial charge in [0.05, 0.1) is 6.21 Å². The van der Waals surface area contributed by atoms with Gasteiger partial charge in [-0.15, -0.1) is 0 Å². The van der Waals surface area contributed by atoms with Crippen LogP contribution in [-0.4, -0.2) is 24.6 Å². The third-order valence-electron chi connectivity index (χ3n) is 6.19. The molecule has 4 bridgehead atoms. The molecule has 0 spiro atoms. The highest BCUT2D eigenvalue weighted by Crippen LogP contribution is 2.55. The van der Waals surface area contributed by atoms with Crippen molar-refractivity contribution < 1.29 is 14.3 Å². The number of amides is 2. The van der Waals surface area contributed by atoms with E-state index in [1.807, 2.05) is 18.2 Å². The van der Waals surface area contributed by atoms with E-state index in [1.54, 1.807) is 6.21 Å². The number of benzene rings is 1. The number of carbonyl (C=O) groups excluding carboxylic acids is 1. The van der Waals surface area contributed by atoms with Crippen LogP contribution < -0.4 is 20.2 Å². The van der Waals surface area contributed by atoms with Crippen LogP contribution in [0, 0.1) is 17.8 Å². The fourth-order valence-corrected chi connectivity index (χ4v) is 5.69. The molecular weight excluding hydrogens is 318 g/mol. The molecule has 2 N–H and O–H groups in total. The number of ether oxygens (including phenoxy) is 2. The Balaban J connectivity index is 1.20. The zero-order chi connectivity index (χ0) is 16.9. The summed E-state index contributed by atoms with van der Waals surface area (Å²) in [4.78, 5) is 12.3. The van der Waals surface area contributed by atoms with Gasteiger partial charge in [0, 0.05) is 5.54 Å². The Bertz CT molecular complexity index is 695. The van der Waals surface area contributed by atoms with Crippen LogP contribution in [0.15, 0.2) is 23.3 Å². The Labute approximate surface area is 147 Å².